The van der Waals surface area contributed by atoms with Crippen molar-refractivity contribution in [2.24, 2.45) is 4.76 Å². The predicted molar refractivity (Wildman–Crippen MR) is 148 cm³/mol. The number of aromatic nitrogens is 2. The monoisotopic (exact) mass is 607 g/mol. The van der Waals surface area contributed by atoms with Crippen LogP contribution in [-0.4, -0.2) is 42.5 Å². The minimum Gasteiger partial charge on any atom is -0.505 e. The van der Waals surface area contributed by atoms with E-state index in [9.17, 15) is 31.7 Å². The predicted octanol–water partition coefficient (Wildman–Crippen LogP) is 3.71. The highest BCUT2D eigenvalue weighted by Gasteiger charge is 2.36. The van der Waals surface area contributed by atoms with Gasteiger partial charge in [-0.1, -0.05) is 6.07 Å². The maximum Gasteiger partial charge on any atom is 0.348 e. The highest BCUT2D eigenvalue weighted by Crippen LogP contribution is 2.52. The van der Waals surface area contributed by atoms with Gasteiger partial charge in [0.1, 0.15) is 11.3 Å². The molecule has 3 heterocycles. The summed E-state index contributed by atoms with van der Waals surface area (Å²) in [4.78, 5) is 13.6. The second-order valence-corrected chi connectivity index (χ2v) is 13.3. The third-order valence-electron chi connectivity index (χ3n) is 5.82. The summed E-state index contributed by atoms with van der Waals surface area (Å²) in [7, 11) is -6.59. The van der Waals surface area contributed by atoms with Crippen LogP contribution in [-0.2, 0) is 25.7 Å². The number of rotatable bonds is 7. The zero-order valence-corrected chi connectivity index (χ0v) is 23.3. The quantitative estimate of drug-likeness (QED) is 0.269. The molecular formula is C24H20F2N5O6PS2. The number of amidine groups is 1. The van der Waals surface area contributed by atoms with Gasteiger partial charge in [-0.2, -0.15) is 21.2 Å². The van der Waals surface area contributed by atoms with Gasteiger partial charge in [0, 0.05) is 23.7 Å². The van der Waals surface area contributed by atoms with Crippen LogP contribution in [0.2, 0.25) is 0 Å². The van der Waals surface area contributed by atoms with Crippen LogP contribution in [0.5, 0.6) is 5.75 Å². The molecule has 1 atom stereocenters. The molecule has 0 saturated carbocycles. The molecule has 0 radical (unpaired) electrons. The molecule has 2 aromatic carbocycles. The first kappa shape index (κ1) is 27.6. The van der Waals surface area contributed by atoms with Gasteiger partial charge in [0.15, 0.2) is 23.2 Å². The van der Waals surface area contributed by atoms with E-state index in [4.69, 9.17) is 4.52 Å². The molecule has 0 saturated heterocycles. The number of hydrogen-bond donors (Lipinski definition) is 3. The number of fused-ring (bicyclic) bond motifs is 1. The van der Waals surface area contributed by atoms with Crippen molar-refractivity contribution in [3.63, 3.8) is 0 Å². The fraction of sp³-hybridized carbons (Fsp3) is 0.125. The maximum atomic E-state index is 13.9. The molecule has 0 aliphatic carbocycles. The lowest BCUT2D eigenvalue weighted by molar-refractivity contribution is 0.404. The molecule has 1 unspecified atom stereocenters. The number of nitrogens with zero attached hydrogens (tertiary/aromatic N) is 3. The fourth-order valence-electron chi connectivity index (χ4n) is 4.03. The number of thiophene rings is 1. The average Bonchev–Trinajstić information content (AvgIpc) is 3.42. The average molecular weight is 608 g/mol. The Bertz CT molecular complexity index is 1890. The second kappa shape index (κ2) is 10.2. The topological polar surface area (TPSA) is 152 Å². The normalized spacial score (nSPS) is 16.6. The summed E-state index contributed by atoms with van der Waals surface area (Å²) in [6, 6.07) is 8.90. The highest BCUT2D eigenvalue weighted by molar-refractivity contribution is 7.92. The van der Waals surface area contributed by atoms with Crippen molar-refractivity contribution in [3.05, 3.63) is 86.3 Å². The minimum absolute atomic E-state index is 0.00585. The van der Waals surface area contributed by atoms with Crippen LogP contribution in [0.25, 0.3) is 11.3 Å². The van der Waals surface area contributed by atoms with Crippen LogP contribution in [0.15, 0.2) is 62.8 Å². The smallest absolute Gasteiger partial charge is 0.348 e. The van der Waals surface area contributed by atoms with Crippen LogP contribution >= 0.6 is 18.9 Å². The Kier molecular flexibility index (Phi) is 7.08. The SMILES string of the molecule is COP1(=O)N=C(c2c(O)c(-c3ccsc3)nn(Cc3ccc(F)c(F)c3)c2=O)Nc2ccc(NS(C)(=O)=O)cc21. The van der Waals surface area contributed by atoms with E-state index in [0.29, 0.717) is 5.56 Å². The van der Waals surface area contributed by atoms with Crippen molar-refractivity contribution < 1.29 is 31.4 Å². The highest BCUT2D eigenvalue weighted by atomic mass is 32.2. The Hall–Kier alpha value is -3.91. The molecule has 208 valence electrons. The number of nitrogens with one attached hydrogen (secondary N) is 2. The van der Waals surface area contributed by atoms with Crippen LogP contribution in [0.1, 0.15) is 11.1 Å². The Morgan fingerprint density at radius 3 is 2.60 bits per heavy atom. The van der Waals surface area contributed by atoms with Crippen LogP contribution in [0.3, 0.4) is 0 Å². The number of sulfonamides is 1. The van der Waals surface area contributed by atoms with Gasteiger partial charge in [0.05, 0.1) is 23.8 Å². The van der Waals surface area contributed by atoms with E-state index in [1.54, 1.807) is 16.8 Å². The van der Waals surface area contributed by atoms with E-state index in [1.165, 1.54) is 35.6 Å². The largest absolute Gasteiger partial charge is 0.505 e. The Morgan fingerprint density at radius 2 is 1.95 bits per heavy atom. The van der Waals surface area contributed by atoms with Crippen molar-refractivity contribution in [3.8, 4) is 17.0 Å². The summed E-state index contributed by atoms with van der Waals surface area (Å²) in [5.41, 5.74) is -0.277. The van der Waals surface area contributed by atoms with Gasteiger partial charge in [-0.25, -0.2) is 21.9 Å². The summed E-state index contributed by atoms with van der Waals surface area (Å²) >= 11 is 1.31. The summed E-state index contributed by atoms with van der Waals surface area (Å²) < 4.78 is 77.1. The molecule has 1 aliphatic heterocycles. The van der Waals surface area contributed by atoms with Gasteiger partial charge in [-0.15, -0.1) is 0 Å². The van der Waals surface area contributed by atoms with Gasteiger partial charge >= 0.3 is 7.52 Å². The van der Waals surface area contributed by atoms with E-state index >= 15 is 0 Å². The van der Waals surface area contributed by atoms with E-state index < -0.39 is 40.5 Å². The molecule has 11 nitrogen and oxygen atoms in total. The van der Waals surface area contributed by atoms with E-state index in [0.717, 1.165) is 30.2 Å². The second-order valence-electron chi connectivity index (χ2n) is 8.68. The van der Waals surface area contributed by atoms with E-state index in [1.807, 2.05) is 0 Å². The van der Waals surface area contributed by atoms with Crippen molar-refractivity contribution in [1.82, 2.24) is 9.78 Å². The molecule has 0 amide bonds. The molecule has 0 fully saturated rings. The molecule has 4 aromatic rings. The summed E-state index contributed by atoms with van der Waals surface area (Å²) in [6.07, 6.45) is 0.958. The molecule has 0 spiro atoms. The third kappa shape index (κ3) is 5.28. The van der Waals surface area contributed by atoms with Crippen molar-refractivity contribution in [2.45, 2.75) is 6.54 Å². The summed E-state index contributed by atoms with van der Waals surface area (Å²) in [5, 5.41) is 21.8. The first-order valence-corrected chi connectivity index (χ1v) is 15.8. The lowest BCUT2D eigenvalue weighted by atomic mass is 10.1. The molecule has 1 aliphatic rings. The first-order chi connectivity index (χ1) is 18.9. The zero-order valence-electron chi connectivity index (χ0n) is 20.8. The zero-order chi connectivity index (χ0) is 28.8. The lowest BCUT2D eigenvalue weighted by Crippen LogP contribution is -2.35. The number of aromatic hydroxyl groups is 1. The standard InChI is InChI=1S/C24H20F2N5O6PS2/c1-37-38(34)19-10-15(30-40(2,35)36)4-6-18(19)27-23(29-38)20-22(32)21(14-7-8-39-12-14)28-31(24(20)33)11-13-3-5-16(25)17(26)9-13/h3-10,12,30,32H,11H2,1-2H3,(H,27,29,34). The summed E-state index contributed by atoms with van der Waals surface area (Å²) in [6.45, 7) is -0.285. The molecule has 5 rings (SSSR count). The molecule has 0 bridgehead atoms. The molecule has 40 heavy (non-hydrogen) atoms. The number of anilines is 2. The van der Waals surface area contributed by atoms with Gasteiger partial charge in [-0.05, 0) is 47.3 Å². The van der Waals surface area contributed by atoms with E-state index in [-0.39, 0.29) is 45.9 Å². The first-order valence-electron chi connectivity index (χ1n) is 11.3. The fourth-order valence-corrected chi connectivity index (χ4v) is 6.76. The molecular weight excluding hydrogens is 587 g/mol. The lowest BCUT2D eigenvalue weighted by Gasteiger charge is -2.25. The van der Waals surface area contributed by atoms with Crippen molar-refractivity contribution in [2.75, 3.05) is 23.4 Å². The van der Waals surface area contributed by atoms with Crippen molar-refractivity contribution in [1.29, 1.82) is 0 Å². The minimum atomic E-state index is -4.09. The Balaban J connectivity index is 1.68. The van der Waals surface area contributed by atoms with Crippen LogP contribution < -0.4 is 20.9 Å². The van der Waals surface area contributed by atoms with Gasteiger partial charge in [-0.3, -0.25) is 14.1 Å². The number of halogens is 2. The molecule has 2 aromatic heterocycles. The van der Waals surface area contributed by atoms with E-state index in [2.05, 4.69) is 19.9 Å². The van der Waals surface area contributed by atoms with Crippen molar-refractivity contribution >= 4 is 51.4 Å². The summed E-state index contributed by atoms with van der Waals surface area (Å²) in [5.74, 6) is -3.01. The third-order valence-corrected chi connectivity index (χ3v) is 9.04. The Morgan fingerprint density at radius 1 is 1.18 bits per heavy atom. The molecule has 16 heteroatoms. The van der Waals surface area contributed by atoms with Gasteiger partial charge in [0.25, 0.3) is 5.56 Å². The van der Waals surface area contributed by atoms with Gasteiger partial charge in [0.2, 0.25) is 10.0 Å². The Labute approximate surface area is 230 Å². The number of hydrogen-bond acceptors (Lipinski definition) is 9. The number of benzene rings is 2. The van der Waals surface area contributed by atoms with Crippen LogP contribution in [0, 0.1) is 11.6 Å². The maximum absolute atomic E-state index is 13.9. The van der Waals surface area contributed by atoms with Gasteiger partial charge < -0.3 is 14.9 Å². The molecule has 3 N–H and O–H groups in total. The van der Waals surface area contributed by atoms with Crippen LogP contribution in [0.4, 0.5) is 20.2 Å².